The van der Waals surface area contributed by atoms with E-state index in [1.807, 2.05) is 37.3 Å². The first-order valence-corrected chi connectivity index (χ1v) is 7.61. The molecule has 0 unspecified atom stereocenters. The molecule has 2 aromatic rings. The molecule has 0 bridgehead atoms. The van der Waals surface area contributed by atoms with Gasteiger partial charge in [-0.2, -0.15) is 0 Å². The molecule has 1 N–H and O–H groups in total. The second kappa shape index (κ2) is 6.10. The minimum absolute atomic E-state index is 0.0672. The molecule has 3 rings (SSSR count). The van der Waals surface area contributed by atoms with Gasteiger partial charge in [0.1, 0.15) is 17.6 Å². The lowest BCUT2D eigenvalue weighted by atomic mass is 9.86. The van der Waals surface area contributed by atoms with Gasteiger partial charge in [-0.05, 0) is 44.0 Å². The third-order valence-corrected chi connectivity index (χ3v) is 4.54. The summed E-state index contributed by atoms with van der Waals surface area (Å²) in [4.78, 5) is 2.28. The first-order valence-electron chi connectivity index (χ1n) is 7.61. The van der Waals surface area contributed by atoms with Crippen molar-refractivity contribution in [1.29, 1.82) is 0 Å². The van der Waals surface area contributed by atoms with Crippen molar-refractivity contribution >= 4 is 0 Å². The van der Waals surface area contributed by atoms with Gasteiger partial charge in [-0.15, -0.1) is 0 Å². The number of hydrogen-bond acceptors (Lipinski definition) is 5. The molecule has 118 valence electrons. The van der Waals surface area contributed by atoms with Gasteiger partial charge in [0.05, 0.1) is 12.8 Å². The molecule has 1 aromatic carbocycles. The molecule has 0 amide bonds. The fourth-order valence-corrected chi connectivity index (χ4v) is 3.30. The Morgan fingerprint density at radius 2 is 2.14 bits per heavy atom. The fourth-order valence-electron chi connectivity index (χ4n) is 3.30. The quantitative estimate of drug-likeness (QED) is 0.920. The van der Waals surface area contributed by atoms with Crippen molar-refractivity contribution in [3.63, 3.8) is 0 Å². The van der Waals surface area contributed by atoms with Gasteiger partial charge in [0.2, 0.25) is 0 Å². The van der Waals surface area contributed by atoms with Crippen molar-refractivity contribution in [2.24, 2.45) is 0 Å². The Balaban J connectivity index is 1.79. The number of methoxy groups -OCH3 is 1. The van der Waals surface area contributed by atoms with Crippen molar-refractivity contribution in [1.82, 2.24) is 10.1 Å². The molecule has 1 fully saturated rings. The van der Waals surface area contributed by atoms with Crippen LogP contribution >= 0.6 is 0 Å². The summed E-state index contributed by atoms with van der Waals surface area (Å²) in [6, 6.07) is 9.59. The second-order valence-electron chi connectivity index (χ2n) is 6.00. The van der Waals surface area contributed by atoms with Crippen LogP contribution in [-0.4, -0.2) is 34.9 Å². The molecule has 5 heteroatoms. The van der Waals surface area contributed by atoms with Gasteiger partial charge in [-0.1, -0.05) is 17.3 Å². The number of ether oxygens (including phenoxy) is 1. The molecule has 1 aromatic heterocycles. The molecule has 1 saturated heterocycles. The number of likely N-dealkylation sites (tertiary alicyclic amines) is 1. The lowest BCUT2D eigenvalue weighted by molar-refractivity contribution is -0.0259. The molecular weight excluding hydrogens is 280 g/mol. The molecule has 2 heterocycles. The largest absolute Gasteiger partial charge is 0.497 e. The van der Waals surface area contributed by atoms with Crippen molar-refractivity contribution in [3.05, 3.63) is 47.9 Å². The van der Waals surface area contributed by atoms with E-state index >= 15 is 0 Å². The van der Waals surface area contributed by atoms with Crippen LogP contribution in [0, 0.1) is 0 Å². The Labute approximate surface area is 130 Å². The minimum Gasteiger partial charge on any atom is -0.497 e. The van der Waals surface area contributed by atoms with E-state index < -0.39 is 5.60 Å². The zero-order valence-electron chi connectivity index (χ0n) is 13.0. The summed E-state index contributed by atoms with van der Waals surface area (Å²) in [5.74, 6) is 0.797. The maximum Gasteiger partial charge on any atom is 0.124 e. The summed E-state index contributed by atoms with van der Waals surface area (Å²) in [6.45, 7) is 3.55. The molecule has 0 aliphatic carbocycles. The van der Waals surface area contributed by atoms with Crippen LogP contribution in [0.1, 0.15) is 31.0 Å². The Hall–Kier alpha value is -1.85. The SMILES string of the molecule is COc1ccc([C@](C)(O)[C@@H]2CCCN2Cc2ccon2)cc1. The van der Waals surface area contributed by atoms with Gasteiger partial charge in [-0.25, -0.2) is 0 Å². The van der Waals surface area contributed by atoms with E-state index in [1.54, 1.807) is 13.4 Å². The molecule has 22 heavy (non-hydrogen) atoms. The number of benzene rings is 1. The van der Waals surface area contributed by atoms with Crippen LogP contribution in [0.2, 0.25) is 0 Å². The minimum atomic E-state index is -0.910. The van der Waals surface area contributed by atoms with Crippen LogP contribution in [-0.2, 0) is 12.1 Å². The van der Waals surface area contributed by atoms with Crippen LogP contribution in [0.25, 0.3) is 0 Å². The molecule has 2 atom stereocenters. The molecule has 0 saturated carbocycles. The molecule has 1 aliphatic heterocycles. The van der Waals surface area contributed by atoms with Crippen molar-refractivity contribution in [2.45, 2.75) is 38.0 Å². The van der Waals surface area contributed by atoms with Gasteiger partial charge >= 0.3 is 0 Å². The maximum atomic E-state index is 11.1. The average Bonchev–Trinajstić information content (AvgIpc) is 3.20. The molecular formula is C17H22N2O3. The average molecular weight is 302 g/mol. The van der Waals surface area contributed by atoms with Gasteiger partial charge in [0, 0.05) is 18.7 Å². The number of rotatable bonds is 5. The second-order valence-corrected chi connectivity index (χ2v) is 6.00. The summed E-state index contributed by atoms with van der Waals surface area (Å²) in [6.07, 6.45) is 3.63. The van der Waals surface area contributed by atoms with E-state index in [2.05, 4.69) is 10.1 Å². The first-order chi connectivity index (χ1) is 10.6. The highest BCUT2D eigenvalue weighted by Gasteiger charge is 2.40. The molecule has 1 aliphatic rings. The normalized spacial score (nSPS) is 21.7. The number of hydrogen-bond donors (Lipinski definition) is 1. The lowest BCUT2D eigenvalue weighted by Gasteiger charge is -2.36. The van der Waals surface area contributed by atoms with Crippen LogP contribution < -0.4 is 4.74 Å². The van der Waals surface area contributed by atoms with E-state index in [0.717, 1.165) is 36.4 Å². The van der Waals surface area contributed by atoms with Crippen LogP contribution in [0.4, 0.5) is 0 Å². The zero-order valence-corrected chi connectivity index (χ0v) is 13.0. The Kier molecular flexibility index (Phi) is 4.18. The highest BCUT2D eigenvalue weighted by atomic mass is 16.5. The topological polar surface area (TPSA) is 58.7 Å². The van der Waals surface area contributed by atoms with Crippen molar-refractivity contribution in [2.75, 3.05) is 13.7 Å². The summed E-state index contributed by atoms with van der Waals surface area (Å²) < 4.78 is 10.1. The van der Waals surface area contributed by atoms with E-state index in [4.69, 9.17) is 9.26 Å². The van der Waals surface area contributed by atoms with Crippen molar-refractivity contribution < 1.29 is 14.4 Å². The zero-order chi connectivity index (χ0) is 15.6. The number of aromatic nitrogens is 1. The van der Waals surface area contributed by atoms with Crippen LogP contribution in [0.15, 0.2) is 41.1 Å². The lowest BCUT2D eigenvalue weighted by Crippen LogP contribution is -2.45. The van der Waals surface area contributed by atoms with Crippen molar-refractivity contribution in [3.8, 4) is 5.75 Å². The monoisotopic (exact) mass is 302 g/mol. The van der Waals surface area contributed by atoms with E-state index in [1.165, 1.54) is 0 Å². The van der Waals surface area contributed by atoms with Gasteiger partial charge in [0.25, 0.3) is 0 Å². The summed E-state index contributed by atoms with van der Waals surface area (Å²) in [5, 5.41) is 15.1. The standard InChI is InChI=1S/C17H22N2O3/c1-17(20,13-5-7-15(21-2)8-6-13)16-4-3-10-19(16)12-14-9-11-22-18-14/h5-9,11,16,20H,3-4,10,12H2,1-2H3/t16-,17-/m0/s1. The predicted molar refractivity (Wildman–Crippen MR) is 82.5 cm³/mol. The van der Waals surface area contributed by atoms with Gasteiger partial charge in [-0.3, -0.25) is 4.90 Å². The third kappa shape index (κ3) is 2.87. The Morgan fingerprint density at radius 1 is 1.36 bits per heavy atom. The maximum absolute atomic E-state index is 11.1. The van der Waals surface area contributed by atoms with Gasteiger partial charge in [0.15, 0.2) is 0 Å². The number of nitrogens with zero attached hydrogens (tertiary/aromatic N) is 2. The van der Waals surface area contributed by atoms with Gasteiger partial charge < -0.3 is 14.4 Å². The highest BCUT2D eigenvalue weighted by Crippen LogP contribution is 2.35. The Bertz CT molecular complexity index is 593. The fraction of sp³-hybridized carbons (Fsp3) is 0.471. The Morgan fingerprint density at radius 3 is 2.77 bits per heavy atom. The van der Waals surface area contributed by atoms with Crippen LogP contribution in [0.3, 0.4) is 0 Å². The van der Waals surface area contributed by atoms with Crippen LogP contribution in [0.5, 0.6) is 5.75 Å². The molecule has 0 spiro atoms. The highest BCUT2D eigenvalue weighted by molar-refractivity contribution is 5.31. The van der Waals surface area contributed by atoms with E-state index in [0.29, 0.717) is 6.54 Å². The predicted octanol–water partition coefficient (Wildman–Crippen LogP) is 2.56. The summed E-state index contributed by atoms with van der Waals surface area (Å²) >= 11 is 0. The summed E-state index contributed by atoms with van der Waals surface area (Å²) in [7, 11) is 1.64. The molecule has 5 nitrogen and oxygen atoms in total. The van der Waals surface area contributed by atoms with E-state index in [-0.39, 0.29) is 6.04 Å². The smallest absolute Gasteiger partial charge is 0.124 e. The summed E-state index contributed by atoms with van der Waals surface area (Å²) in [5.41, 5.74) is 0.898. The first kappa shape index (κ1) is 15.1. The third-order valence-electron chi connectivity index (χ3n) is 4.54. The number of aliphatic hydroxyl groups is 1. The molecule has 0 radical (unpaired) electrons. The van der Waals surface area contributed by atoms with E-state index in [9.17, 15) is 5.11 Å².